The van der Waals surface area contributed by atoms with Crippen LogP contribution in [0.25, 0.3) is 11.1 Å². The Labute approximate surface area is 210 Å². The van der Waals surface area contributed by atoms with Crippen molar-refractivity contribution in [2.75, 3.05) is 26.5 Å². The van der Waals surface area contributed by atoms with Crippen LogP contribution in [0.2, 0.25) is 0 Å². The largest absolute Gasteiger partial charge is 0.469 e. The molecule has 1 aliphatic rings. The van der Waals surface area contributed by atoms with E-state index in [1.54, 1.807) is 0 Å². The third-order valence-electron chi connectivity index (χ3n) is 6.26. The normalized spacial score (nSPS) is 14.3. The fraction of sp³-hybridized carbons (Fsp3) is 0.259. The zero-order chi connectivity index (χ0) is 25.9. The fourth-order valence-corrected chi connectivity index (χ4v) is 5.11. The Balaban J connectivity index is 1.61. The van der Waals surface area contributed by atoms with E-state index in [-0.39, 0.29) is 24.8 Å². The second-order valence-electron chi connectivity index (χ2n) is 8.56. The Hall–Kier alpha value is -3.69. The van der Waals surface area contributed by atoms with Gasteiger partial charge in [-0.1, -0.05) is 60.7 Å². The van der Waals surface area contributed by atoms with Crippen molar-refractivity contribution < 1.29 is 31.7 Å². The summed E-state index contributed by atoms with van der Waals surface area (Å²) in [5, 5.41) is 0. The standard InChI is InChI=1S/C27H27NO7S/c1-33-26(29)23(15-28)25(17-11-13-18(14-12-17)35-36(2,31)32)27(30)34-16-24-21-9-5-3-7-19(21)20-8-4-6-10-22(20)24/h3-14,23-25H,15-16,28H2,1-2H3. The number of ether oxygens (including phenoxy) is 2. The molecule has 0 saturated heterocycles. The van der Waals surface area contributed by atoms with Gasteiger partial charge in [-0.25, -0.2) is 0 Å². The summed E-state index contributed by atoms with van der Waals surface area (Å²) < 4.78 is 38.4. The van der Waals surface area contributed by atoms with E-state index in [2.05, 4.69) is 0 Å². The van der Waals surface area contributed by atoms with Gasteiger partial charge in [0.1, 0.15) is 12.4 Å². The molecule has 4 rings (SSSR count). The Morgan fingerprint density at radius 2 is 1.44 bits per heavy atom. The quantitative estimate of drug-likeness (QED) is 0.345. The van der Waals surface area contributed by atoms with Gasteiger partial charge in [0.15, 0.2) is 0 Å². The molecule has 0 bridgehead atoms. The maximum absolute atomic E-state index is 13.4. The van der Waals surface area contributed by atoms with Gasteiger partial charge in [-0.2, -0.15) is 8.42 Å². The van der Waals surface area contributed by atoms with Crippen molar-refractivity contribution in [3.05, 3.63) is 89.5 Å². The predicted molar refractivity (Wildman–Crippen MR) is 134 cm³/mol. The van der Waals surface area contributed by atoms with Crippen molar-refractivity contribution >= 4 is 22.1 Å². The number of rotatable bonds is 9. The number of methoxy groups -OCH3 is 1. The first-order chi connectivity index (χ1) is 17.2. The van der Waals surface area contributed by atoms with Crippen LogP contribution >= 0.6 is 0 Å². The van der Waals surface area contributed by atoms with Crippen molar-refractivity contribution in [1.82, 2.24) is 0 Å². The van der Waals surface area contributed by atoms with E-state index in [4.69, 9.17) is 19.4 Å². The lowest BCUT2D eigenvalue weighted by Gasteiger charge is -2.24. The van der Waals surface area contributed by atoms with Gasteiger partial charge in [0.2, 0.25) is 0 Å². The number of hydrogen-bond donors (Lipinski definition) is 1. The van der Waals surface area contributed by atoms with Gasteiger partial charge in [-0.05, 0) is 39.9 Å². The molecule has 0 radical (unpaired) electrons. The van der Waals surface area contributed by atoms with Crippen LogP contribution in [0.4, 0.5) is 0 Å². The SMILES string of the molecule is COC(=O)C(CN)C(C(=O)OCC1c2ccccc2-c2ccccc21)c1ccc(OS(C)(=O)=O)cc1. The first-order valence-corrected chi connectivity index (χ1v) is 13.2. The Morgan fingerprint density at radius 1 is 0.889 bits per heavy atom. The highest BCUT2D eigenvalue weighted by atomic mass is 32.2. The molecule has 0 heterocycles. The summed E-state index contributed by atoms with van der Waals surface area (Å²) >= 11 is 0. The average Bonchev–Trinajstić information content (AvgIpc) is 3.19. The Morgan fingerprint density at radius 3 is 1.94 bits per heavy atom. The van der Waals surface area contributed by atoms with Crippen LogP contribution in [0.15, 0.2) is 72.8 Å². The highest BCUT2D eigenvalue weighted by Crippen LogP contribution is 2.44. The summed E-state index contributed by atoms with van der Waals surface area (Å²) in [5.41, 5.74) is 10.6. The Bertz CT molecular complexity index is 1320. The molecule has 9 heteroatoms. The van der Waals surface area contributed by atoms with Crippen molar-refractivity contribution in [2.45, 2.75) is 11.8 Å². The van der Waals surface area contributed by atoms with Gasteiger partial charge < -0.3 is 19.4 Å². The smallest absolute Gasteiger partial charge is 0.314 e. The lowest BCUT2D eigenvalue weighted by atomic mass is 9.85. The van der Waals surface area contributed by atoms with Crippen molar-refractivity contribution in [2.24, 2.45) is 11.7 Å². The number of hydrogen-bond acceptors (Lipinski definition) is 8. The number of fused-ring (bicyclic) bond motifs is 3. The molecule has 2 atom stereocenters. The van der Waals surface area contributed by atoms with Crippen LogP contribution in [0, 0.1) is 5.92 Å². The maximum atomic E-state index is 13.4. The minimum absolute atomic E-state index is 0.0786. The second-order valence-corrected chi connectivity index (χ2v) is 10.1. The summed E-state index contributed by atoms with van der Waals surface area (Å²) in [5.74, 6) is -3.40. The molecule has 188 valence electrons. The topological polar surface area (TPSA) is 122 Å². The first kappa shape index (κ1) is 25.4. The number of carbonyl (C=O) groups is 2. The average molecular weight is 510 g/mol. The van der Waals surface area contributed by atoms with Crippen LogP contribution in [-0.4, -0.2) is 46.9 Å². The molecule has 2 N–H and O–H groups in total. The Kier molecular flexibility index (Phi) is 7.42. The molecule has 0 fully saturated rings. The highest BCUT2D eigenvalue weighted by molar-refractivity contribution is 7.86. The maximum Gasteiger partial charge on any atom is 0.314 e. The lowest BCUT2D eigenvalue weighted by molar-refractivity contribution is -0.155. The molecule has 8 nitrogen and oxygen atoms in total. The third kappa shape index (κ3) is 5.27. The molecule has 3 aromatic rings. The summed E-state index contributed by atoms with van der Waals surface area (Å²) in [6.07, 6.45) is 0.933. The van der Waals surface area contributed by atoms with E-state index in [0.29, 0.717) is 5.56 Å². The van der Waals surface area contributed by atoms with E-state index in [1.807, 2.05) is 48.5 Å². The molecule has 36 heavy (non-hydrogen) atoms. The van der Waals surface area contributed by atoms with Gasteiger partial charge in [0, 0.05) is 12.5 Å². The van der Waals surface area contributed by atoms with E-state index in [9.17, 15) is 18.0 Å². The minimum atomic E-state index is -3.72. The summed E-state index contributed by atoms with van der Waals surface area (Å²) in [6, 6.07) is 21.8. The van der Waals surface area contributed by atoms with Gasteiger partial charge in [0.25, 0.3) is 0 Å². The molecule has 0 spiro atoms. The van der Waals surface area contributed by atoms with Gasteiger partial charge >= 0.3 is 22.1 Å². The zero-order valence-corrected chi connectivity index (χ0v) is 20.7. The fourth-order valence-electron chi connectivity index (χ4n) is 4.65. The third-order valence-corrected chi connectivity index (χ3v) is 6.75. The number of carbonyl (C=O) groups excluding carboxylic acids is 2. The van der Waals surface area contributed by atoms with Crippen molar-refractivity contribution in [3.8, 4) is 16.9 Å². The number of nitrogens with two attached hydrogens (primary N) is 1. The molecule has 3 aromatic carbocycles. The van der Waals surface area contributed by atoms with E-state index in [0.717, 1.165) is 28.5 Å². The van der Waals surface area contributed by atoms with Crippen LogP contribution in [-0.2, 0) is 29.2 Å². The van der Waals surface area contributed by atoms with Crippen LogP contribution in [0.5, 0.6) is 5.75 Å². The lowest BCUT2D eigenvalue weighted by Crippen LogP contribution is -2.36. The van der Waals surface area contributed by atoms with Crippen molar-refractivity contribution in [3.63, 3.8) is 0 Å². The van der Waals surface area contributed by atoms with Crippen molar-refractivity contribution in [1.29, 1.82) is 0 Å². The van der Waals surface area contributed by atoms with Gasteiger partial charge in [-0.15, -0.1) is 0 Å². The van der Waals surface area contributed by atoms with Gasteiger partial charge in [-0.3, -0.25) is 9.59 Å². The van der Waals surface area contributed by atoms with Crippen LogP contribution in [0.1, 0.15) is 28.5 Å². The monoisotopic (exact) mass is 509 g/mol. The molecule has 0 aliphatic heterocycles. The molecule has 0 aromatic heterocycles. The molecule has 0 amide bonds. The molecule has 0 saturated carbocycles. The summed E-state index contributed by atoms with van der Waals surface area (Å²) in [6.45, 7) is -0.0692. The molecular weight excluding hydrogens is 482 g/mol. The van der Waals surface area contributed by atoms with Crippen LogP contribution < -0.4 is 9.92 Å². The molecular formula is C27H27NO7S. The summed E-state index contributed by atoms with van der Waals surface area (Å²) in [4.78, 5) is 25.9. The van der Waals surface area contributed by atoms with Crippen LogP contribution in [0.3, 0.4) is 0 Å². The first-order valence-electron chi connectivity index (χ1n) is 11.4. The molecule has 2 unspecified atom stereocenters. The number of benzene rings is 3. The van der Waals surface area contributed by atoms with E-state index >= 15 is 0 Å². The van der Waals surface area contributed by atoms with E-state index < -0.39 is 33.9 Å². The zero-order valence-electron chi connectivity index (χ0n) is 19.9. The van der Waals surface area contributed by atoms with Gasteiger partial charge in [0.05, 0.1) is 25.2 Å². The predicted octanol–water partition coefficient (Wildman–Crippen LogP) is 3.21. The summed E-state index contributed by atoms with van der Waals surface area (Å²) in [7, 11) is -2.49. The minimum Gasteiger partial charge on any atom is -0.469 e. The number of esters is 2. The molecule has 1 aliphatic carbocycles. The second kappa shape index (κ2) is 10.5. The highest BCUT2D eigenvalue weighted by Gasteiger charge is 2.37. The van der Waals surface area contributed by atoms with E-state index in [1.165, 1.54) is 31.4 Å².